The van der Waals surface area contributed by atoms with Crippen LogP contribution in [0.15, 0.2) is 4.99 Å². The number of thioether (sulfide) groups is 1. The summed E-state index contributed by atoms with van der Waals surface area (Å²) in [5.74, 6) is 0. The number of halogens is 1. The molecule has 2 heterocycles. The van der Waals surface area contributed by atoms with Crippen LogP contribution in [0.3, 0.4) is 0 Å². The molecule has 0 saturated carbocycles. The number of alkyl halides is 1. The van der Waals surface area contributed by atoms with E-state index in [0.717, 1.165) is 17.9 Å². The summed E-state index contributed by atoms with van der Waals surface area (Å²) in [6.45, 7) is 4.50. The Bertz CT molecular complexity index is 232. The predicted molar refractivity (Wildman–Crippen MR) is 67.5 cm³/mol. The van der Waals surface area contributed by atoms with Crippen molar-refractivity contribution >= 4 is 32.9 Å². The summed E-state index contributed by atoms with van der Waals surface area (Å²) in [6.07, 6.45) is 3.96. The Labute approximate surface area is 98.7 Å². The Balaban J connectivity index is 1.95. The van der Waals surface area contributed by atoms with E-state index in [-0.39, 0.29) is 0 Å². The average molecular weight is 277 g/mol. The van der Waals surface area contributed by atoms with Crippen molar-refractivity contribution in [2.75, 3.05) is 18.4 Å². The molecule has 2 aliphatic heterocycles. The molecular formula is C10H17BrN2S. The number of nitrogens with zero attached hydrogens (tertiary/aromatic N) is 2. The average Bonchev–Trinajstić information content (AvgIpc) is 2.85. The van der Waals surface area contributed by atoms with Gasteiger partial charge >= 0.3 is 0 Å². The van der Waals surface area contributed by atoms with Gasteiger partial charge in [-0.1, -0.05) is 34.6 Å². The van der Waals surface area contributed by atoms with E-state index < -0.39 is 0 Å². The van der Waals surface area contributed by atoms with Crippen molar-refractivity contribution in [2.24, 2.45) is 4.99 Å². The molecule has 0 amide bonds. The first-order chi connectivity index (χ1) is 6.85. The number of amidine groups is 1. The fourth-order valence-electron chi connectivity index (χ4n) is 2.15. The van der Waals surface area contributed by atoms with E-state index in [1.807, 2.05) is 11.8 Å². The van der Waals surface area contributed by atoms with Gasteiger partial charge in [0.25, 0.3) is 0 Å². The summed E-state index contributed by atoms with van der Waals surface area (Å²) in [7, 11) is 0. The summed E-state index contributed by atoms with van der Waals surface area (Å²) in [6, 6.07) is 0.760. The highest BCUT2D eigenvalue weighted by Gasteiger charge is 2.30. The summed E-state index contributed by atoms with van der Waals surface area (Å²) in [4.78, 5) is 7.16. The summed E-state index contributed by atoms with van der Waals surface area (Å²) >= 11 is 5.49. The number of likely N-dealkylation sites (tertiary alicyclic amines) is 1. The van der Waals surface area contributed by atoms with E-state index in [1.54, 1.807) is 0 Å². The third kappa shape index (κ3) is 2.11. The van der Waals surface area contributed by atoms with Crippen LogP contribution < -0.4 is 0 Å². The minimum Gasteiger partial charge on any atom is -0.349 e. The highest BCUT2D eigenvalue weighted by atomic mass is 79.9. The van der Waals surface area contributed by atoms with Crippen molar-refractivity contribution in [3.63, 3.8) is 0 Å². The van der Waals surface area contributed by atoms with E-state index in [9.17, 15) is 0 Å². The molecule has 2 atom stereocenters. The van der Waals surface area contributed by atoms with Crippen molar-refractivity contribution in [2.45, 2.75) is 37.5 Å². The van der Waals surface area contributed by atoms with Gasteiger partial charge in [-0.3, -0.25) is 4.99 Å². The van der Waals surface area contributed by atoms with Crippen molar-refractivity contribution in [3.05, 3.63) is 0 Å². The lowest BCUT2D eigenvalue weighted by Crippen LogP contribution is -2.32. The van der Waals surface area contributed by atoms with E-state index >= 15 is 0 Å². The molecule has 0 bridgehead atoms. The maximum Gasteiger partial charge on any atom is 0.159 e. The Morgan fingerprint density at radius 1 is 1.64 bits per heavy atom. The van der Waals surface area contributed by atoms with Crippen LogP contribution in [0.4, 0.5) is 0 Å². The molecule has 0 aromatic rings. The standard InChI is InChI=1S/C10H17BrN2S/c1-2-8-4-3-5-13(8)10-12-7-9(6-11)14-10/h8-9H,2-7H2,1H3. The molecule has 0 spiro atoms. The lowest BCUT2D eigenvalue weighted by atomic mass is 10.2. The maximum atomic E-state index is 4.64. The number of rotatable bonds is 2. The van der Waals surface area contributed by atoms with Gasteiger partial charge in [0, 0.05) is 23.2 Å². The smallest absolute Gasteiger partial charge is 0.159 e. The Morgan fingerprint density at radius 2 is 2.50 bits per heavy atom. The van der Waals surface area contributed by atoms with Crippen LogP contribution in [0.1, 0.15) is 26.2 Å². The fraction of sp³-hybridized carbons (Fsp3) is 0.900. The molecule has 2 nitrogen and oxygen atoms in total. The van der Waals surface area contributed by atoms with Gasteiger partial charge in [0.05, 0.1) is 6.54 Å². The Hall–Kier alpha value is 0.300. The summed E-state index contributed by atoms with van der Waals surface area (Å²) in [5, 5.41) is 3.04. The molecule has 4 heteroatoms. The van der Waals surface area contributed by atoms with Crippen molar-refractivity contribution in [3.8, 4) is 0 Å². The fourth-order valence-corrected chi connectivity index (χ4v) is 3.79. The molecule has 2 aliphatic rings. The van der Waals surface area contributed by atoms with E-state index in [1.165, 1.54) is 31.0 Å². The zero-order valence-corrected chi connectivity index (χ0v) is 11.0. The second-order valence-electron chi connectivity index (χ2n) is 3.92. The maximum absolute atomic E-state index is 4.64. The molecule has 14 heavy (non-hydrogen) atoms. The van der Waals surface area contributed by atoms with Gasteiger partial charge in [-0.2, -0.15) is 0 Å². The highest BCUT2D eigenvalue weighted by Crippen LogP contribution is 2.30. The number of aliphatic imine (C=N–C) groups is 1. The number of hydrogen-bond donors (Lipinski definition) is 0. The topological polar surface area (TPSA) is 15.6 Å². The van der Waals surface area contributed by atoms with Gasteiger partial charge in [-0.25, -0.2) is 0 Å². The van der Waals surface area contributed by atoms with Crippen LogP contribution in [0, 0.1) is 0 Å². The van der Waals surface area contributed by atoms with E-state index in [4.69, 9.17) is 0 Å². The molecule has 0 radical (unpaired) electrons. The van der Waals surface area contributed by atoms with Crippen LogP contribution in [-0.2, 0) is 0 Å². The zero-order valence-electron chi connectivity index (χ0n) is 8.58. The SMILES string of the molecule is CCC1CCCN1C1=NCC(CBr)S1. The van der Waals surface area contributed by atoms with Crippen LogP contribution in [0.2, 0.25) is 0 Å². The molecule has 1 fully saturated rings. The largest absolute Gasteiger partial charge is 0.349 e. The van der Waals surface area contributed by atoms with Crippen LogP contribution in [-0.4, -0.2) is 39.8 Å². The molecule has 0 aliphatic carbocycles. The van der Waals surface area contributed by atoms with Crippen LogP contribution >= 0.6 is 27.7 Å². The van der Waals surface area contributed by atoms with Gasteiger partial charge in [-0.05, 0) is 19.3 Å². The predicted octanol–water partition coefficient (Wildman–Crippen LogP) is 2.73. The van der Waals surface area contributed by atoms with E-state index in [0.29, 0.717) is 5.25 Å². The van der Waals surface area contributed by atoms with Gasteiger partial charge in [0.1, 0.15) is 0 Å². The second kappa shape index (κ2) is 4.88. The first-order valence-corrected chi connectivity index (χ1v) is 7.39. The van der Waals surface area contributed by atoms with Gasteiger partial charge in [0.2, 0.25) is 0 Å². The van der Waals surface area contributed by atoms with Crippen molar-refractivity contribution in [1.29, 1.82) is 0 Å². The van der Waals surface area contributed by atoms with Gasteiger partial charge < -0.3 is 4.90 Å². The molecule has 80 valence electrons. The highest BCUT2D eigenvalue weighted by molar-refractivity contribution is 9.09. The third-order valence-corrected chi connectivity index (χ3v) is 5.40. The lowest BCUT2D eigenvalue weighted by Gasteiger charge is -2.25. The minimum absolute atomic E-state index is 0.670. The minimum atomic E-state index is 0.670. The van der Waals surface area contributed by atoms with E-state index in [2.05, 4.69) is 32.7 Å². The normalized spacial score (nSPS) is 32.4. The lowest BCUT2D eigenvalue weighted by molar-refractivity contribution is 0.386. The molecule has 0 aromatic heterocycles. The first kappa shape index (κ1) is 10.8. The Morgan fingerprint density at radius 3 is 3.14 bits per heavy atom. The molecular weight excluding hydrogens is 260 g/mol. The summed E-state index contributed by atoms with van der Waals surface area (Å²) in [5.41, 5.74) is 0. The van der Waals surface area contributed by atoms with Crippen LogP contribution in [0.25, 0.3) is 0 Å². The summed E-state index contributed by atoms with van der Waals surface area (Å²) < 4.78 is 0. The zero-order chi connectivity index (χ0) is 9.97. The first-order valence-electron chi connectivity index (χ1n) is 5.39. The molecule has 0 N–H and O–H groups in total. The van der Waals surface area contributed by atoms with Crippen molar-refractivity contribution < 1.29 is 0 Å². The molecule has 0 aromatic carbocycles. The molecule has 2 rings (SSSR count). The van der Waals surface area contributed by atoms with Crippen LogP contribution in [0.5, 0.6) is 0 Å². The Kier molecular flexibility index (Phi) is 3.77. The quantitative estimate of drug-likeness (QED) is 0.721. The number of hydrogen-bond acceptors (Lipinski definition) is 3. The second-order valence-corrected chi connectivity index (χ2v) is 5.83. The van der Waals surface area contributed by atoms with Crippen molar-refractivity contribution in [1.82, 2.24) is 4.90 Å². The van der Waals surface area contributed by atoms with Gasteiger partial charge in [-0.15, -0.1) is 0 Å². The van der Waals surface area contributed by atoms with Gasteiger partial charge in [0.15, 0.2) is 5.17 Å². The monoisotopic (exact) mass is 276 g/mol. The third-order valence-electron chi connectivity index (χ3n) is 2.97. The molecule has 2 unspecified atom stereocenters. The molecule has 1 saturated heterocycles.